The summed E-state index contributed by atoms with van der Waals surface area (Å²) in [4.78, 5) is 23.4. The topological polar surface area (TPSA) is 87.7 Å². The minimum Gasteiger partial charge on any atom is -0.550 e. The molecule has 0 saturated heterocycles. The fourth-order valence-electron chi connectivity index (χ4n) is 2.84. The number of amides is 1. The summed E-state index contributed by atoms with van der Waals surface area (Å²) in [5, 5.41) is 14.5. The predicted molar refractivity (Wildman–Crippen MR) is 109 cm³/mol. The molecule has 156 valence electrons. The summed E-state index contributed by atoms with van der Waals surface area (Å²) in [5.41, 5.74) is 1.60. The van der Waals surface area contributed by atoms with Gasteiger partial charge in [0.05, 0.1) is 19.3 Å². The van der Waals surface area contributed by atoms with E-state index in [2.05, 4.69) is 5.32 Å². The molecule has 0 fully saturated rings. The van der Waals surface area contributed by atoms with Crippen molar-refractivity contribution in [2.24, 2.45) is 0 Å². The van der Waals surface area contributed by atoms with Gasteiger partial charge in [0.2, 0.25) is 5.91 Å². The Morgan fingerprint density at radius 3 is 2.48 bits per heavy atom. The Hall–Kier alpha value is -2.73. The molecule has 0 aliphatic rings. The number of halogens is 1. The van der Waals surface area contributed by atoms with Crippen LogP contribution in [0.5, 0.6) is 11.5 Å². The van der Waals surface area contributed by atoms with Gasteiger partial charge in [-0.3, -0.25) is 4.79 Å². The van der Waals surface area contributed by atoms with Crippen LogP contribution in [0.15, 0.2) is 42.5 Å². The number of nitrogens with one attached hydrogen (secondary N) is 1. The summed E-state index contributed by atoms with van der Waals surface area (Å²) in [6.45, 7) is 4.68. The first kappa shape index (κ1) is 22.6. The first-order valence-corrected chi connectivity index (χ1v) is 9.87. The summed E-state index contributed by atoms with van der Waals surface area (Å²) in [6.07, 6.45) is 0.405. The highest BCUT2D eigenvalue weighted by Crippen LogP contribution is 2.22. The number of hydrogen-bond donors (Lipinski definition) is 1. The Morgan fingerprint density at radius 2 is 1.86 bits per heavy atom. The Bertz CT molecular complexity index is 822. The fourth-order valence-corrected chi connectivity index (χ4v) is 3.06. The number of ether oxygens (including phenoxy) is 2. The van der Waals surface area contributed by atoms with E-state index in [0.29, 0.717) is 36.0 Å². The molecule has 2 aromatic carbocycles. The lowest BCUT2D eigenvalue weighted by Crippen LogP contribution is -2.34. The third kappa shape index (κ3) is 7.66. The third-order valence-corrected chi connectivity index (χ3v) is 4.48. The highest BCUT2D eigenvalue weighted by Gasteiger charge is 2.15. The number of carboxylic acids is 1. The smallest absolute Gasteiger partial charge is 0.220 e. The lowest BCUT2D eigenvalue weighted by Gasteiger charge is -2.20. The first-order chi connectivity index (χ1) is 13.9. The van der Waals surface area contributed by atoms with Gasteiger partial charge in [-0.25, -0.2) is 0 Å². The summed E-state index contributed by atoms with van der Waals surface area (Å²) >= 11 is 5.92. The van der Waals surface area contributed by atoms with E-state index in [1.807, 2.05) is 19.9 Å². The third-order valence-electron chi connectivity index (χ3n) is 4.24. The molecule has 0 heterocycles. The van der Waals surface area contributed by atoms with Crippen LogP contribution in [0.3, 0.4) is 0 Å². The average molecular weight is 419 g/mol. The summed E-state index contributed by atoms with van der Waals surface area (Å²) in [7, 11) is 0. The van der Waals surface area contributed by atoms with E-state index in [1.165, 1.54) is 0 Å². The van der Waals surface area contributed by atoms with Crippen molar-refractivity contribution in [3.8, 4) is 11.5 Å². The van der Waals surface area contributed by atoms with Gasteiger partial charge in [0.1, 0.15) is 11.5 Å². The number of rotatable bonds is 11. The monoisotopic (exact) mass is 418 g/mol. The van der Waals surface area contributed by atoms with E-state index in [-0.39, 0.29) is 18.7 Å². The second kappa shape index (κ2) is 11.3. The second-order valence-electron chi connectivity index (χ2n) is 6.56. The van der Waals surface area contributed by atoms with E-state index >= 15 is 0 Å². The van der Waals surface area contributed by atoms with Gasteiger partial charge in [-0.2, -0.15) is 0 Å². The molecule has 2 aromatic rings. The highest BCUT2D eigenvalue weighted by molar-refractivity contribution is 6.30. The summed E-state index contributed by atoms with van der Waals surface area (Å²) in [5.74, 6) is -0.0734. The molecule has 0 radical (unpaired) electrons. The Morgan fingerprint density at radius 1 is 1.14 bits per heavy atom. The maximum atomic E-state index is 12.3. The van der Waals surface area contributed by atoms with E-state index in [1.54, 1.807) is 36.4 Å². The van der Waals surface area contributed by atoms with Gasteiger partial charge < -0.3 is 24.7 Å². The number of benzene rings is 2. The minimum absolute atomic E-state index is 0.215. The minimum atomic E-state index is -1.23. The standard InChI is InChI=1S/C22H26ClNO5/c1-3-28-18-9-6-16(7-10-18)19(14-22(26)27)24-21(25)5-4-12-29-20-11-8-17(23)13-15(20)2/h6-11,13,19H,3-5,12,14H2,1-2H3,(H,24,25)(H,26,27)/p-1/t19-/m0/s1. The fraction of sp³-hybridized carbons (Fsp3) is 0.364. The maximum absolute atomic E-state index is 12.3. The molecule has 29 heavy (non-hydrogen) atoms. The number of carbonyl (C=O) groups excluding carboxylic acids is 2. The molecule has 7 heteroatoms. The van der Waals surface area contributed by atoms with Crippen molar-refractivity contribution in [3.05, 3.63) is 58.6 Å². The number of hydrogen-bond acceptors (Lipinski definition) is 5. The molecule has 1 amide bonds. The maximum Gasteiger partial charge on any atom is 0.220 e. The van der Waals surface area contributed by atoms with Crippen LogP contribution < -0.4 is 19.9 Å². The molecule has 6 nitrogen and oxygen atoms in total. The molecule has 0 saturated carbocycles. The molecule has 0 unspecified atom stereocenters. The van der Waals surface area contributed by atoms with Gasteiger partial charge in [-0.1, -0.05) is 23.7 Å². The van der Waals surface area contributed by atoms with Crippen molar-refractivity contribution < 1.29 is 24.2 Å². The van der Waals surface area contributed by atoms with Crippen molar-refractivity contribution in [2.75, 3.05) is 13.2 Å². The quantitative estimate of drug-likeness (QED) is 0.566. The summed E-state index contributed by atoms with van der Waals surface area (Å²) in [6, 6.07) is 11.7. The van der Waals surface area contributed by atoms with E-state index in [0.717, 1.165) is 11.3 Å². The lowest BCUT2D eigenvalue weighted by molar-refractivity contribution is -0.306. The number of carboxylic acid groups (broad SMARTS) is 1. The van der Waals surface area contributed by atoms with Crippen molar-refractivity contribution in [2.45, 2.75) is 39.2 Å². The average Bonchev–Trinajstić information content (AvgIpc) is 2.66. The van der Waals surface area contributed by atoms with Crippen molar-refractivity contribution >= 4 is 23.5 Å². The van der Waals surface area contributed by atoms with Crippen LogP contribution in [-0.2, 0) is 9.59 Å². The summed E-state index contributed by atoms with van der Waals surface area (Å²) < 4.78 is 11.1. The SMILES string of the molecule is CCOc1ccc([C@H](CC(=O)[O-])NC(=O)CCCOc2ccc(Cl)cc2C)cc1. The molecule has 0 aliphatic carbocycles. The number of carbonyl (C=O) groups is 2. The van der Waals surface area contributed by atoms with Crippen LogP contribution in [0.1, 0.15) is 43.4 Å². The molecule has 0 bridgehead atoms. The molecule has 0 spiro atoms. The molecule has 1 atom stereocenters. The molecular formula is C22H25ClNO5-. The zero-order valence-corrected chi connectivity index (χ0v) is 17.3. The van der Waals surface area contributed by atoms with Gasteiger partial charge in [0.25, 0.3) is 0 Å². The molecule has 0 aromatic heterocycles. The van der Waals surface area contributed by atoms with Crippen LogP contribution >= 0.6 is 11.6 Å². The van der Waals surface area contributed by atoms with Gasteiger partial charge in [0.15, 0.2) is 0 Å². The van der Waals surface area contributed by atoms with E-state index in [4.69, 9.17) is 21.1 Å². The van der Waals surface area contributed by atoms with Gasteiger partial charge in [0, 0.05) is 23.8 Å². The van der Waals surface area contributed by atoms with Gasteiger partial charge in [-0.15, -0.1) is 0 Å². The van der Waals surface area contributed by atoms with Crippen molar-refractivity contribution in [1.29, 1.82) is 0 Å². The molecule has 1 N–H and O–H groups in total. The van der Waals surface area contributed by atoms with Crippen LogP contribution in [0, 0.1) is 6.92 Å². The number of aliphatic carboxylic acids is 1. The first-order valence-electron chi connectivity index (χ1n) is 9.50. The molecular weight excluding hydrogens is 394 g/mol. The second-order valence-corrected chi connectivity index (χ2v) is 7.00. The van der Waals surface area contributed by atoms with Crippen LogP contribution in [0.25, 0.3) is 0 Å². The number of aryl methyl sites for hydroxylation is 1. The Labute approximate surface area is 175 Å². The van der Waals surface area contributed by atoms with Crippen LogP contribution in [-0.4, -0.2) is 25.1 Å². The zero-order chi connectivity index (χ0) is 21.2. The Kier molecular flexibility index (Phi) is 8.80. The zero-order valence-electron chi connectivity index (χ0n) is 16.6. The van der Waals surface area contributed by atoms with Gasteiger partial charge >= 0.3 is 0 Å². The Balaban J connectivity index is 1.86. The molecule has 2 rings (SSSR count). The van der Waals surface area contributed by atoms with Gasteiger partial charge in [-0.05, 0) is 61.7 Å². The van der Waals surface area contributed by atoms with Crippen LogP contribution in [0.2, 0.25) is 5.02 Å². The molecule has 0 aliphatic heterocycles. The lowest BCUT2D eigenvalue weighted by atomic mass is 10.0. The normalized spacial score (nSPS) is 11.6. The van der Waals surface area contributed by atoms with E-state index in [9.17, 15) is 14.7 Å². The van der Waals surface area contributed by atoms with Crippen molar-refractivity contribution in [1.82, 2.24) is 5.32 Å². The van der Waals surface area contributed by atoms with E-state index < -0.39 is 12.0 Å². The predicted octanol–water partition coefficient (Wildman–Crippen LogP) is 3.20. The van der Waals surface area contributed by atoms with Crippen molar-refractivity contribution in [3.63, 3.8) is 0 Å². The van der Waals surface area contributed by atoms with Crippen LogP contribution in [0.4, 0.5) is 0 Å². The largest absolute Gasteiger partial charge is 0.550 e. The highest BCUT2D eigenvalue weighted by atomic mass is 35.5.